The SMILES string of the molecule is O=C(CCO)OI. The lowest BCUT2D eigenvalue weighted by Gasteiger charge is -1.87. The zero-order valence-electron chi connectivity index (χ0n) is 3.56. The summed E-state index contributed by atoms with van der Waals surface area (Å²) in [6.07, 6.45) is 0.0862. The molecule has 4 heteroatoms. The highest BCUT2D eigenvalue weighted by atomic mass is 127. The van der Waals surface area contributed by atoms with Crippen molar-refractivity contribution >= 4 is 29.0 Å². The minimum absolute atomic E-state index is 0.0862. The van der Waals surface area contributed by atoms with Crippen molar-refractivity contribution in [3.8, 4) is 0 Å². The summed E-state index contributed by atoms with van der Waals surface area (Å²) < 4.78 is 4.16. The predicted molar refractivity (Wildman–Crippen MR) is 31.8 cm³/mol. The highest BCUT2D eigenvalue weighted by Crippen LogP contribution is 1.89. The summed E-state index contributed by atoms with van der Waals surface area (Å²) in [7, 11) is 0. The molecule has 0 saturated carbocycles. The summed E-state index contributed by atoms with van der Waals surface area (Å²) in [6, 6.07) is 0. The van der Waals surface area contributed by atoms with E-state index in [9.17, 15) is 4.79 Å². The second kappa shape index (κ2) is 4.32. The number of hydrogen-bond acceptors (Lipinski definition) is 3. The van der Waals surface area contributed by atoms with Crippen LogP contribution >= 0.6 is 23.0 Å². The third-order valence-corrected chi connectivity index (χ3v) is 0.893. The first-order valence-electron chi connectivity index (χ1n) is 1.73. The summed E-state index contributed by atoms with van der Waals surface area (Å²) in [4.78, 5) is 10.0. The van der Waals surface area contributed by atoms with Crippen LogP contribution in [-0.2, 0) is 7.86 Å². The molecule has 0 atom stereocenters. The van der Waals surface area contributed by atoms with Gasteiger partial charge in [0.05, 0.1) is 13.0 Å². The second-order valence-electron chi connectivity index (χ2n) is 0.923. The van der Waals surface area contributed by atoms with E-state index < -0.39 is 0 Å². The van der Waals surface area contributed by atoms with Gasteiger partial charge in [0.25, 0.3) is 0 Å². The lowest BCUT2D eigenvalue weighted by Crippen LogP contribution is -1.98. The molecule has 0 amide bonds. The fraction of sp³-hybridized carbons (Fsp3) is 0.667. The first-order chi connectivity index (χ1) is 3.31. The Morgan fingerprint density at radius 3 is 2.57 bits per heavy atom. The molecule has 0 saturated heterocycles. The number of rotatable bonds is 2. The third-order valence-electron chi connectivity index (χ3n) is 0.402. The summed E-state index contributed by atoms with van der Waals surface area (Å²) in [5, 5.41) is 8.06. The zero-order valence-corrected chi connectivity index (χ0v) is 5.71. The Kier molecular flexibility index (Phi) is 4.42. The van der Waals surface area contributed by atoms with Crippen molar-refractivity contribution in [2.24, 2.45) is 0 Å². The summed E-state index contributed by atoms with van der Waals surface area (Å²) in [6.45, 7) is -0.137. The summed E-state index contributed by atoms with van der Waals surface area (Å²) in [5.41, 5.74) is 0. The molecule has 0 bridgehead atoms. The van der Waals surface area contributed by atoms with Gasteiger partial charge in [0.15, 0.2) is 23.0 Å². The van der Waals surface area contributed by atoms with Gasteiger partial charge in [-0.05, 0) is 0 Å². The molecule has 0 aliphatic rings. The van der Waals surface area contributed by atoms with Gasteiger partial charge in [0, 0.05) is 0 Å². The maximum atomic E-state index is 10.0. The fourth-order valence-electron chi connectivity index (χ4n) is 0.130. The van der Waals surface area contributed by atoms with Crippen LogP contribution in [0.4, 0.5) is 0 Å². The number of hydrogen-bond donors (Lipinski definition) is 1. The fourth-order valence-corrected chi connectivity index (χ4v) is 0.350. The second-order valence-corrected chi connectivity index (χ2v) is 1.36. The molecule has 7 heavy (non-hydrogen) atoms. The molecule has 0 aromatic carbocycles. The highest BCUT2D eigenvalue weighted by molar-refractivity contribution is 14.1. The lowest BCUT2D eigenvalue weighted by atomic mass is 10.5. The van der Waals surface area contributed by atoms with Gasteiger partial charge in [-0.3, -0.25) is 4.79 Å². The standard InChI is InChI=1S/C3H5IO3/c4-7-3(6)1-2-5/h5H,1-2H2. The minimum atomic E-state index is -0.386. The molecule has 0 unspecified atom stereocenters. The van der Waals surface area contributed by atoms with Gasteiger partial charge in [-0.1, -0.05) is 0 Å². The largest absolute Gasteiger partial charge is 0.396 e. The monoisotopic (exact) mass is 216 g/mol. The summed E-state index contributed by atoms with van der Waals surface area (Å²) in [5.74, 6) is -0.386. The van der Waals surface area contributed by atoms with Crippen LogP contribution in [0.15, 0.2) is 0 Å². The molecule has 42 valence electrons. The molecular formula is C3H5IO3. The first kappa shape index (κ1) is 7.16. The van der Waals surface area contributed by atoms with Crippen molar-refractivity contribution in [2.75, 3.05) is 6.61 Å². The Morgan fingerprint density at radius 1 is 1.86 bits per heavy atom. The molecule has 0 fully saturated rings. The average molecular weight is 216 g/mol. The topological polar surface area (TPSA) is 46.5 Å². The Morgan fingerprint density at radius 2 is 2.43 bits per heavy atom. The molecule has 0 spiro atoms. The van der Waals surface area contributed by atoms with Crippen LogP contribution in [0, 0.1) is 0 Å². The van der Waals surface area contributed by atoms with Gasteiger partial charge in [0.1, 0.15) is 0 Å². The Labute approximate surface area is 55.4 Å². The number of aliphatic hydroxyl groups is 1. The van der Waals surface area contributed by atoms with E-state index in [4.69, 9.17) is 5.11 Å². The van der Waals surface area contributed by atoms with E-state index in [-0.39, 0.29) is 19.0 Å². The van der Waals surface area contributed by atoms with Crippen LogP contribution in [-0.4, -0.2) is 17.7 Å². The van der Waals surface area contributed by atoms with Crippen molar-refractivity contribution in [1.82, 2.24) is 0 Å². The van der Waals surface area contributed by atoms with E-state index >= 15 is 0 Å². The maximum absolute atomic E-state index is 10.0. The van der Waals surface area contributed by atoms with Crippen LogP contribution in [0.2, 0.25) is 0 Å². The smallest absolute Gasteiger partial charge is 0.317 e. The van der Waals surface area contributed by atoms with Gasteiger partial charge < -0.3 is 8.17 Å². The van der Waals surface area contributed by atoms with E-state index in [0.29, 0.717) is 0 Å². The van der Waals surface area contributed by atoms with Crippen molar-refractivity contribution in [3.05, 3.63) is 0 Å². The van der Waals surface area contributed by atoms with Crippen LogP contribution in [0.5, 0.6) is 0 Å². The molecule has 3 nitrogen and oxygen atoms in total. The van der Waals surface area contributed by atoms with Crippen LogP contribution in [0.25, 0.3) is 0 Å². The van der Waals surface area contributed by atoms with Crippen LogP contribution < -0.4 is 0 Å². The Balaban J connectivity index is 3.00. The molecule has 0 radical (unpaired) electrons. The van der Waals surface area contributed by atoms with Gasteiger partial charge in [-0.25, -0.2) is 0 Å². The van der Waals surface area contributed by atoms with Crippen molar-refractivity contribution in [2.45, 2.75) is 6.42 Å². The molecule has 0 heterocycles. The lowest BCUT2D eigenvalue weighted by molar-refractivity contribution is -0.131. The first-order valence-corrected chi connectivity index (χ1v) is 2.61. The predicted octanol–water partition coefficient (Wildman–Crippen LogP) is 0.262. The van der Waals surface area contributed by atoms with E-state index in [1.807, 2.05) is 0 Å². The van der Waals surface area contributed by atoms with E-state index in [2.05, 4.69) is 3.07 Å². The maximum Gasteiger partial charge on any atom is 0.317 e. The zero-order chi connectivity index (χ0) is 5.70. The van der Waals surface area contributed by atoms with Gasteiger partial charge >= 0.3 is 5.97 Å². The normalized spacial score (nSPS) is 8.29. The number of carbonyl (C=O) groups excluding carboxylic acids is 1. The number of carbonyl (C=O) groups is 1. The van der Waals surface area contributed by atoms with Gasteiger partial charge in [0.2, 0.25) is 0 Å². The quantitative estimate of drug-likeness (QED) is 0.673. The van der Waals surface area contributed by atoms with Crippen molar-refractivity contribution in [3.63, 3.8) is 0 Å². The molecular weight excluding hydrogens is 211 g/mol. The summed E-state index contributed by atoms with van der Waals surface area (Å²) >= 11 is 1.48. The van der Waals surface area contributed by atoms with E-state index in [1.54, 1.807) is 0 Å². The third kappa shape index (κ3) is 4.00. The van der Waals surface area contributed by atoms with Crippen molar-refractivity contribution in [1.29, 1.82) is 0 Å². The minimum Gasteiger partial charge on any atom is -0.396 e. The molecule has 0 aromatic heterocycles. The average Bonchev–Trinajstić information content (AvgIpc) is 1.68. The number of aliphatic hydroxyl groups excluding tert-OH is 1. The van der Waals surface area contributed by atoms with Gasteiger partial charge in [-0.2, -0.15) is 0 Å². The van der Waals surface area contributed by atoms with Gasteiger partial charge in [-0.15, -0.1) is 0 Å². The molecule has 0 aromatic rings. The highest BCUT2D eigenvalue weighted by Gasteiger charge is 1.95. The number of halogens is 1. The van der Waals surface area contributed by atoms with Crippen LogP contribution in [0.1, 0.15) is 6.42 Å². The molecule has 1 N–H and O–H groups in total. The Hall–Kier alpha value is 0.160. The van der Waals surface area contributed by atoms with Crippen LogP contribution in [0.3, 0.4) is 0 Å². The molecule has 0 aliphatic carbocycles. The molecule has 0 rings (SSSR count). The molecule has 0 aliphatic heterocycles. The van der Waals surface area contributed by atoms with E-state index in [1.165, 1.54) is 23.0 Å². The van der Waals surface area contributed by atoms with E-state index in [0.717, 1.165) is 0 Å². The Bertz CT molecular complexity index is 63.2. The van der Waals surface area contributed by atoms with Crippen molar-refractivity contribution < 1.29 is 13.0 Å².